The first-order valence-corrected chi connectivity index (χ1v) is 4.63. The molecule has 0 aliphatic rings. The lowest BCUT2D eigenvalue weighted by Gasteiger charge is -2.34. The summed E-state index contributed by atoms with van der Waals surface area (Å²) < 4.78 is 0. The molecular weight excluding hydrogens is 180 g/mol. The Balaban J connectivity index is 3.13. The topological polar surface area (TPSA) is 60.7 Å². The quantitative estimate of drug-likeness (QED) is 0.628. The van der Waals surface area contributed by atoms with E-state index in [2.05, 4.69) is 0 Å². The van der Waals surface area contributed by atoms with Gasteiger partial charge in [-0.15, -0.1) is 0 Å². The summed E-state index contributed by atoms with van der Waals surface area (Å²) in [5, 5.41) is 28.5. The maximum Gasteiger partial charge on any atom is 0.185 e. The average Bonchev–Trinajstić information content (AvgIpc) is 2.17. The fraction of sp³-hybridized carbons (Fsp3) is 0.455. The highest BCUT2D eigenvalue weighted by Crippen LogP contribution is 2.31. The molecule has 0 aliphatic carbocycles. The highest BCUT2D eigenvalue weighted by Gasteiger charge is 2.39. The second kappa shape index (κ2) is 4.09. The highest BCUT2D eigenvalue weighted by atomic mass is 16.5. The lowest BCUT2D eigenvalue weighted by atomic mass is 9.83. The van der Waals surface area contributed by atoms with E-state index in [0.29, 0.717) is 5.56 Å². The Morgan fingerprint density at radius 1 is 1.07 bits per heavy atom. The van der Waals surface area contributed by atoms with Gasteiger partial charge in [0.05, 0.1) is 0 Å². The van der Waals surface area contributed by atoms with Crippen LogP contribution in [0.5, 0.6) is 0 Å². The molecule has 0 amide bonds. The summed E-state index contributed by atoms with van der Waals surface area (Å²) in [6.07, 6.45) is -1.77. The molecule has 1 unspecified atom stereocenters. The SMILES string of the molecule is CC(C)C(O)(c1ccccc1)C(O)O. The summed E-state index contributed by atoms with van der Waals surface area (Å²) in [5.74, 6) is -0.273. The van der Waals surface area contributed by atoms with Gasteiger partial charge in [0.1, 0.15) is 5.60 Å². The summed E-state index contributed by atoms with van der Waals surface area (Å²) in [7, 11) is 0. The molecule has 1 atom stereocenters. The van der Waals surface area contributed by atoms with E-state index in [0.717, 1.165) is 0 Å². The van der Waals surface area contributed by atoms with Gasteiger partial charge in [0, 0.05) is 0 Å². The van der Waals surface area contributed by atoms with E-state index < -0.39 is 11.9 Å². The summed E-state index contributed by atoms with van der Waals surface area (Å²) in [5.41, 5.74) is -1.08. The Morgan fingerprint density at radius 2 is 1.57 bits per heavy atom. The van der Waals surface area contributed by atoms with Crippen molar-refractivity contribution < 1.29 is 15.3 Å². The molecule has 0 saturated carbocycles. The zero-order chi connectivity index (χ0) is 10.8. The lowest BCUT2D eigenvalue weighted by molar-refractivity contribution is -0.209. The van der Waals surface area contributed by atoms with E-state index >= 15 is 0 Å². The Kier molecular flexibility index (Phi) is 3.26. The molecule has 0 spiro atoms. The molecule has 1 aromatic rings. The largest absolute Gasteiger partial charge is 0.380 e. The molecule has 0 fully saturated rings. The van der Waals surface area contributed by atoms with Gasteiger partial charge in [-0.25, -0.2) is 0 Å². The predicted octanol–water partition coefficient (Wildman–Crippen LogP) is 0.841. The lowest BCUT2D eigenvalue weighted by Crippen LogP contribution is -2.44. The van der Waals surface area contributed by atoms with Crippen LogP contribution in [-0.4, -0.2) is 21.6 Å². The van der Waals surface area contributed by atoms with Gasteiger partial charge in [-0.3, -0.25) is 0 Å². The normalized spacial score (nSPS) is 15.9. The summed E-state index contributed by atoms with van der Waals surface area (Å²) >= 11 is 0. The van der Waals surface area contributed by atoms with Crippen LogP contribution in [0, 0.1) is 5.92 Å². The molecule has 14 heavy (non-hydrogen) atoms. The van der Waals surface area contributed by atoms with Gasteiger partial charge in [-0.1, -0.05) is 44.2 Å². The Labute approximate surface area is 83.6 Å². The van der Waals surface area contributed by atoms with Crippen molar-refractivity contribution in [2.45, 2.75) is 25.7 Å². The van der Waals surface area contributed by atoms with Crippen LogP contribution in [0.25, 0.3) is 0 Å². The van der Waals surface area contributed by atoms with Crippen molar-refractivity contribution in [3.8, 4) is 0 Å². The van der Waals surface area contributed by atoms with Crippen LogP contribution >= 0.6 is 0 Å². The minimum Gasteiger partial charge on any atom is -0.380 e. The fourth-order valence-electron chi connectivity index (χ4n) is 1.49. The Morgan fingerprint density at radius 3 is 1.93 bits per heavy atom. The molecule has 0 aliphatic heterocycles. The molecule has 0 radical (unpaired) electrons. The van der Waals surface area contributed by atoms with E-state index in [9.17, 15) is 15.3 Å². The van der Waals surface area contributed by atoms with Crippen molar-refractivity contribution in [2.75, 3.05) is 0 Å². The molecule has 1 rings (SSSR count). The first kappa shape index (κ1) is 11.2. The molecule has 3 N–H and O–H groups in total. The van der Waals surface area contributed by atoms with Crippen molar-refractivity contribution >= 4 is 0 Å². The van der Waals surface area contributed by atoms with Gasteiger partial charge < -0.3 is 15.3 Å². The first-order valence-electron chi connectivity index (χ1n) is 4.63. The second-order valence-corrected chi connectivity index (χ2v) is 3.72. The molecule has 0 heterocycles. The fourth-order valence-corrected chi connectivity index (χ4v) is 1.49. The third kappa shape index (κ3) is 1.80. The van der Waals surface area contributed by atoms with E-state index in [1.807, 2.05) is 6.07 Å². The van der Waals surface area contributed by atoms with Crippen molar-refractivity contribution in [3.05, 3.63) is 35.9 Å². The van der Waals surface area contributed by atoms with Crippen LogP contribution in [0.2, 0.25) is 0 Å². The average molecular weight is 196 g/mol. The standard InChI is InChI=1S/C11H16O3/c1-8(2)11(14,10(12)13)9-6-4-3-5-7-9/h3-8,10,12-14H,1-2H3. The third-order valence-corrected chi connectivity index (χ3v) is 2.51. The van der Waals surface area contributed by atoms with E-state index in [4.69, 9.17) is 0 Å². The van der Waals surface area contributed by atoms with Gasteiger partial charge in [-0.2, -0.15) is 0 Å². The van der Waals surface area contributed by atoms with Gasteiger partial charge in [0.15, 0.2) is 6.29 Å². The molecule has 1 aromatic carbocycles. The van der Waals surface area contributed by atoms with Crippen LogP contribution in [0.1, 0.15) is 19.4 Å². The van der Waals surface area contributed by atoms with E-state index in [1.54, 1.807) is 38.1 Å². The molecule has 0 saturated heterocycles. The zero-order valence-corrected chi connectivity index (χ0v) is 8.38. The molecular formula is C11H16O3. The maximum absolute atomic E-state index is 10.1. The van der Waals surface area contributed by atoms with Gasteiger partial charge >= 0.3 is 0 Å². The Hall–Kier alpha value is -0.900. The highest BCUT2D eigenvalue weighted by molar-refractivity contribution is 5.23. The summed E-state index contributed by atoms with van der Waals surface area (Å²) in [4.78, 5) is 0. The molecule has 3 heteroatoms. The summed E-state index contributed by atoms with van der Waals surface area (Å²) in [6, 6.07) is 8.68. The monoisotopic (exact) mass is 196 g/mol. The van der Waals surface area contributed by atoms with Crippen LogP contribution in [0.3, 0.4) is 0 Å². The third-order valence-electron chi connectivity index (χ3n) is 2.51. The summed E-state index contributed by atoms with van der Waals surface area (Å²) in [6.45, 7) is 3.48. The minimum absolute atomic E-state index is 0.273. The zero-order valence-electron chi connectivity index (χ0n) is 8.38. The molecule has 3 nitrogen and oxygen atoms in total. The number of aliphatic hydroxyl groups excluding tert-OH is 1. The smallest absolute Gasteiger partial charge is 0.185 e. The first-order chi connectivity index (χ1) is 6.49. The second-order valence-electron chi connectivity index (χ2n) is 3.72. The van der Waals surface area contributed by atoms with Gasteiger partial charge in [0.25, 0.3) is 0 Å². The minimum atomic E-state index is -1.77. The number of aliphatic hydroxyl groups is 3. The van der Waals surface area contributed by atoms with Crippen LogP contribution in [0.4, 0.5) is 0 Å². The van der Waals surface area contributed by atoms with Gasteiger partial charge in [0.2, 0.25) is 0 Å². The molecule has 0 bridgehead atoms. The van der Waals surface area contributed by atoms with Crippen molar-refractivity contribution in [2.24, 2.45) is 5.92 Å². The van der Waals surface area contributed by atoms with E-state index in [1.165, 1.54) is 0 Å². The van der Waals surface area contributed by atoms with Crippen LogP contribution in [-0.2, 0) is 5.60 Å². The van der Waals surface area contributed by atoms with Crippen molar-refractivity contribution in [3.63, 3.8) is 0 Å². The Bertz CT molecular complexity index is 272. The number of hydrogen-bond donors (Lipinski definition) is 3. The van der Waals surface area contributed by atoms with Crippen molar-refractivity contribution in [1.82, 2.24) is 0 Å². The number of hydrogen-bond acceptors (Lipinski definition) is 3. The van der Waals surface area contributed by atoms with Crippen LogP contribution < -0.4 is 0 Å². The van der Waals surface area contributed by atoms with E-state index in [-0.39, 0.29) is 5.92 Å². The molecule has 0 aromatic heterocycles. The maximum atomic E-state index is 10.1. The number of rotatable bonds is 3. The van der Waals surface area contributed by atoms with Crippen LogP contribution in [0.15, 0.2) is 30.3 Å². The molecule has 78 valence electrons. The predicted molar refractivity (Wildman–Crippen MR) is 53.4 cm³/mol. The van der Waals surface area contributed by atoms with Gasteiger partial charge in [-0.05, 0) is 11.5 Å². The van der Waals surface area contributed by atoms with Crippen molar-refractivity contribution in [1.29, 1.82) is 0 Å². The number of benzene rings is 1.